The van der Waals surface area contributed by atoms with E-state index >= 15 is 0 Å². The predicted molar refractivity (Wildman–Crippen MR) is 210 cm³/mol. The van der Waals surface area contributed by atoms with E-state index in [-0.39, 0.29) is 5.92 Å². The van der Waals surface area contributed by atoms with E-state index in [0.29, 0.717) is 0 Å². The van der Waals surface area contributed by atoms with Gasteiger partial charge in [-0.25, -0.2) is 0 Å². The molecule has 0 amide bonds. The summed E-state index contributed by atoms with van der Waals surface area (Å²) in [6.45, 7) is 0. The van der Waals surface area contributed by atoms with Gasteiger partial charge >= 0.3 is 0 Å². The standard InChI is InChI=1S/C49H33N/c1-4-15-33(16-5-1)36-21-14-22-40(30-36)50-47-26-13-12-24-42(47)45-31-44-41-23-10-11-25-43(41)49(46(44)32-48(45)50)39-28-37(34-17-6-2-7-18-34)27-38(29-39)35-19-8-3-9-20-35/h1-32,49H. The van der Waals surface area contributed by atoms with Crippen LogP contribution in [-0.4, -0.2) is 4.57 Å². The molecule has 234 valence electrons. The van der Waals surface area contributed by atoms with Crippen LogP contribution in [0.25, 0.3) is 72.0 Å². The van der Waals surface area contributed by atoms with Gasteiger partial charge in [-0.15, -0.1) is 0 Å². The zero-order valence-corrected chi connectivity index (χ0v) is 27.5. The highest BCUT2D eigenvalue weighted by atomic mass is 15.0. The van der Waals surface area contributed by atoms with Gasteiger partial charge in [0, 0.05) is 22.4 Å². The first-order valence-corrected chi connectivity index (χ1v) is 17.4. The number of fused-ring (bicyclic) bond motifs is 6. The fourth-order valence-electron chi connectivity index (χ4n) is 8.17. The first kappa shape index (κ1) is 28.6. The number of para-hydroxylation sites is 1. The van der Waals surface area contributed by atoms with Crippen molar-refractivity contribution in [1.82, 2.24) is 4.57 Å². The molecule has 0 radical (unpaired) electrons. The highest BCUT2D eigenvalue weighted by molar-refractivity contribution is 6.11. The number of nitrogens with zero attached hydrogens (tertiary/aromatic N) is 1. The SMILES string of the molecule is c1ccc(-c2cc(-c3ccccc3)cc(C3c4ccccc4-c4cc5c6ccccc6n(-c6cccc(-c7ccccc7)c6)c5cc43)c2)cc1. The second kappa shape index (κ2) is 11.6. The summed E-state index contributed by atoms with van der Waals surface area (Å²) in [6, 6.07) is 71.2. The van der Waals surface area contributed by atoms with Gasteiger partial charge in [0.05, 0.1) is 11.0 Å². The fraction of sp³-hybridized carbons (Fsp3) is 0.0204. The van der Waals surface area contributed by atoms with Crippen molar-refractivity contribution in [2.45, 2.75) is 5.92 Å². The van der Waals surface area contributed by atoms with Gasteiger partial charge in [-0.1, -0.05) is 158 Å². The van der Waals surface area contributed by atoms with E-state index in [1.807, 2.05) is 0 Å². The van der Waals surface area contributed by atoms with E-state index in [9.17, 15) is 0 Å². The molecule has 0 bridgehead atoms. The molecule has 1 atom stereocenters. The maximum absolute atomic E-state index is 2.49. The topological polar surface area (TPSA) is 4.93 Å². The van der Waals surface area contributed by atoms with Crippen LogP contribution in [0.4, 0.5) is 0 Å². The monoisotopic (exact) mass is 635 g/mol. The van der Waals surface area contributed by atoms with Crippen LogP contribution < -0.4 is 0 Å². The molecule has 0 N–H and O–H groups in total. The summed E-state index contributed by atoms with van der Waals surface area (Å²) in [5.41, 5.74) is 17.7. The molecule has 0 spiro atoms. The van der Waals surface area contributed by atoms with Gasteiger partial charge in [-0.2, -0.15) is 0 Å². The van der Waals surface area contributed by atoms with Gasteiger partial charge < -0.3 is 4.57 Å². The number of hydrogen-bond acceptors (Lipinski definition) is 0. The molecule has 10 rings (SSSR count). The lowest BCUT2D eigenvalue weighted by molar-refractivity contribution is 1.02. The van der Waals surface area contributed by atoms with E-state index < -0.39 is 0 Å². The van der Waals surface area contributed by atoms with Crippen LogP contribution in [-0.2, 0) is 0 Å². The fourth-order valence-corrected chi connectivity index (χ4v) is 8.17. The lowest BCUT2D eigenvalue weighted by Gasteiger charge is -2.19. The maximum Gasteiger partial charge on any atom is 0.0544 e. The summed E-state index contributed by atoms with van der Waals surface area (Å²) < 4.78 is 2.47. The molecule has 1 heteroatoms. The van der Waals surface area contributed by atoms with Crippen LogP contribution in [0.5, 0.6) is 0 Å². The van der Waals surface area contributed by atoms with Gasteiger partial charge in [0.25, 0.3) is 0 Å². The lowest BCUT2D eigenvalue weighted by Crippen LogP contribution is -2.01. The summed E-state index contributed by atoms with van der Waals surface area (Å²) in [5.74, 6) is 0.0961. The van der Waals surface area contributed by atoms with Gasteiger partial charge in [0.1, 0.15) is 0 Å². The molecule has 1 aromatic heterocycles. The van der Waals surface area contributed by atoms with Gasteiger partial charge in [0.2, 0.25) is 0 Å². The van der Waals surface area contributed by atoms with Crippen molar-refractivity contribution in [2.75, 3.05) is 0 Å². The van der Waals surface area contributed by atoms with Crippen molar-refractivity contribution >= 4 is 21.8 Å². The van der Waals surface area contributed by atoms with Crippen LogP contribution in [0.2, 0.25) is 0 Å². The Hall–Kier alpha value is -6.44. The molecule has 0 aliphatic heterocycles. The molecule has 1 nitrogen and oxygen atoms in total. The Bertz CT molecular complexity index is 2630. The van der Waals surface area contributed by atoms with Gasteiger partial charge in [-0.05, 0) is 97.6 Å². The van der Waals surface area contributed by atoms with E-state index in [4.69, 9.17) is 0 Å². The number of rotatable bonds is 5. The number of benzene rings is 8. The normalized spacial score (nSPS) is 13.4. The third-order valence-electron chi connectivity index (χ3n) is 10.4. The zero-order valence-electron chi connectivity index (χ0n) is 27.5. The Morgan fingerprint density at radius 3 is 1.60 bits per heavy atom. The predicted octanol–water partition coefficient (Wildman–Crippen LogP) is 12.9. The third-order valence-corrected chi connectivity index (χ3v) is 10.4. The lowest BCUT2D eigenvalue weighted by atomic mass is 9.85. The first-order chi connectivity index (χ1) is 24.8. The summed E-state index contributed by atoms with van der Waals surface area (Å²) in [5, 5.41) is 2.55. The quantitative estimate of drug-likeness (QED) is 0.177. The van der Waals surface area contributed by atoms with Gasteiger partial charge in [-0.3, -0.25) is 0 Å². The summed E-state index contributed by atoms with van der Waals surface area (Å²) in [6.07, 6.45) is 0. The number of hydrogen-bond donors (Lipinski definition) is 0. The molecule has 50 heavy (non-hydrogen) atoms. The molecule has 1 unspecified atom stereocenters. The van der Waals surface area contributed by atoms with E-state index in [0.717, 1.165) is 0 Å². The molecule has 1 aliphatic carbocycles. The van der Waals surface area contributed by atoms with Crippen molar-refractivity contribution in [3.05, 3.63) is 211 Å². The van der Waals surface area contributed by atoms with E-state index in [2.05, 4.69) is 199 Å². The minimum Gasteiger partial charge on any atom is -0.309 e. The Morgan fingerprint density at radius 2 is 0.900 bits per heavy atom. The zero-order chi connectivity index (χ0) is 33.0. The van der Waals surface area contributed by atoms with Crippen LogP contribution in [0, 0.1) is 0 Å². The van der Waals surface area contributed by atoms with Crippen molar-refractivity contribution in [3.8, 4) is 50.2 Å². The first-order valence-electron chi connectivity index (χ1n) is 17.4. The molecular weight excluding hydrogens is 603 g/mol. The Labute approximate surface area is 292 Å². The highest BCUT2D eigenvalue weighted by Gasteiger charge is 2.32. The smallest absolute Gasteiger partial charge is 0.0544 e. The minimum absolute atomic E-state index is 0.0961. The van der Waals surface area contributed by atoms with Crippen molar-refractivity contribution in [3.63, 3.8) is 0 Å². The maximum atomic E-state index is 2.49. The third kappa shape index (κ3) is 4.63. The number of aromatic nitrogens is 1. The summed E-state index contributed by atoms with van der Waals surface area (Å²) in [4.78, 5) is 0. The molecule has 0 fully saturated rings. The Kier molecular flexibility index (Phi) is 6.63. The molecule has 1 heterocycles. The van der Waals surface area contributed by atoms with Crippen molar-refractivity contribution in [1.29, 1.82) is 0 Å². The summed E-state index contributed by atoms with van der Waals surface area (Å²) in [7, 11) is 0. The van der Waals surface area contributed by atoms with Crippen molar-refractivity contribution in [2.24, 2.45) is 0 Å². The van der Waals surface area contributed by atoms with E-state index in [1.165, 1.54) is 88.7 Å². The molecule has 8 aromatic carbocycles. The molecular formula is C49H33N. The second-order valence-corrected chi connectivity index (χ2v) is 13.3. The Morgan fingerprint density at radius 1 is 0.320 bits per heavy atom. The second-order valence-electron chi connectivity index (χ2n) is 13.3. The van der Waals surface area contributed by atoms with Crippen LogP contribution in [0.1, 0.15) is 22.6 Å². The Balaban J connectivity index is 1.23. The van der Waals surface area contributed by atoms with Crippen LogP contribution in [0.3, 0.4) is 0 Å². The van der Waals surface area contributed by atoms with Crippen LogP contribution >= 0.6 is 0 Å². The average Bonchev–Trinajstić information content (AvgIpc) is 3.70. The van der Waals surface area contributed by atoms with E-state index in [1.54, 1.807) is 0 Å². The van der Waals surface area contributed by atoms with Crippen molar-refractivity contribution < 1.29 is 0 Å². The summed E-state index contributed by atoms with van der Waals surface area (Å²) >= 11 is 0. The average molecular weight is 636 g/mol. The molecule has 1 aliphatic rings. The molecule has 9 aromatic rings. The highest BCUT2D eigenvalue weighted by Crippen LogP contribution is 2.51. The van der Waals surface area contributed by atoms with Gasteiger partial charge in [0.15, 0.2) is 0 Å². The molecule has 0 saturated carbocycles. The molecule has 0 saturated heterocycles. The minimum atomic E-state index is 0.0961. The largest absolute Gasteiger partial charge is 0.309 e. The van der Waals surface area contributed by atoms with Crippen LogP contribution in [0.15, 0.2) is 194 Å².